The molecule has 2 aromatic rings. The van der Waals surface area contributed by atoms with Gasteiger partial charge in [0, 0.05) is 6.54 Å². The average molecular weight is 239 g/mol. The summed E-state index contributed by atoms with van der Waals surface area (Å²) < 4.78 is 5.95. The monoisotopic (exact) mass is 239 g/mol. The third-order valence-electron chi connectivity index (χ3n) is 3.27. The number of nitrogens with zero attached hydrogens (tertiary/aromatic N) is 1. The Labute approximate surface area is 108 Å². The number of anilines is 2. The molecule has 3 rings (SSSR count). The van der Waals surface area contributed by atoms with E-state index in [2.05, 4.69) is 36.1 Å². The van der Waals surface area contributed by atoms with Gasteiger partial charge in [-0.1, -0.05) is 37.6 Å². The second-order valence-corrected chi connectivity index (χ2v) is 4.54. The van der Waals surface area contributed by atoms with E-state index in [1.807, 2.05) is 24.3 Å². The Bertz CT molecular complexity index is 505. The molecule has 2 heteroatoms. The third kappa shape index (κ3) is 1.84. The predicted molar refractivity (Wildman–Crippen MR) is 74.9 cm³/mol. The number of rotatable bonds is 3. The summed E-state index contributed by atoms with van der Waals surface area (Å²) >= 11 is 0. The molecule has 0 fully saturated rings. The van der Waals surface area contributed by atoms with Gasteiger partial charge < -0.3 is 9.64 Å². The summed E-state index contributed by atoms with van der Waals surface area (Å²) in [5, 5.41) is 0. The molecule has 18 heavy (non-hydrogen) atoms. The topological polar surface area (TPSA) is 12.5 Å². The normalized spacial score (nSPS) is 12.6. The molecule has 0 spiro atoms. The van der Waals surface area contributed by atoms with Gasteiger partial charge in [-0.25, -0.2) is 0 Å². The van der Waals surface area contributed by atoms with Gasteiger partial charge in [0.15, 0.2) is 11.5 Å². The Morgan fingerprint density at radius 1 is 0.889 bits per heavy atom. The molecule has 2 nitrogen and oxygen atoms in total. The van der Waals surface area contributed by atoms with Crippen LogP contribution < -0.4 is 9.64 Å². The van der Waals surface area contributed by atoms with Crippen molar-refractivity contribution in [2.24, 2.45) is 0 Å². The summed E-state index contributed by atoms with van der Waals surface area (Å²) in [6, 6.07) is 16.5. The van der Waals surface area contributed by atoms with Crippen LogP contribution in [0, 0.1) is 0 Å². The molecule has 0 atom stereocenters. The van der Waals surface area contributed by atoms with Gasteiger partial charge in [0.05, 0.1) is 11.4 Å². The first-order valence-electron chi connectivity index (χ1n) is 6.53. The van der Waals surface area contributed by atoms with Crippen molar-refractivity contribution < 1.29 is 4.74 Å². The number of benzene rings is 2. The van der Waals surface area contributed by atoms with Gasteiger partial charge >= 0.3 is 0 Å². The first kappa shape index (κ1) is 11.1. The standard InChI is InChI=1S/C16H17NO/c1-2-3-12-17-13-8-4-6-10-15(13)18-16-11-7-5-9-14(16)17/h4-11H,2-3,12H2,1H3. The van der Waals surface area contributed by atoms with E-state index in [1.54, 1.807) is 0 Å². The molecule has 0 aliphatic carbocycles. The minimum absolute atomic E-state index is 0.951. The SMILES string of the molecule is CCCCN1c2ccccc2Oc2ccccc21. The van der Waals surface area contributed by atoms with E-state index in [1.165, 1.54) is 24.2 Å². The second kappa shape index (κ2) is 4.73. The number of fused-ring (bicyclic) bond motifs is 2. The van der Waals surface area contributed by atoms with Crippen LogP contribution in [0.2, 0.25) is 0 Å². The van der Waals surface area contributed by atoms with Crippen molar-refractivity contribution in [2.45, 2.75) is 19.8 Å². The zero-order valence-electron chi connectivity index (χ0n) is 10.6. The van der Waals surface area contributed by atoms with E-state index in [0.717, 1.165) is 18.0 Å². The van der Waals surface area contributed by atoms with Crippen molar-refractivity contribution in [3.8, 4) is 11.5 Å². The Hall–Kier alpha value is -1.96. The van der Waals surface area contributed by atoms with Gasteiger partial charge in [0.25, 0.3) is 0 Å². The summed E-state index contributed by atoms with van der Waals surface area (Å²) in [4.78, 5) is 2.36. The van der Waals surface area contributed by atoms with Gasteiger partial charge in [-0.3, -0.25) is 0 Å². The van der Waals surface area contributed by atoms with Crippen molar-refractivity contribution in [3.05, 3.63) is 48.5 Å². The maximum absolute atomic E-state index is 5.95. The lowest BCUT2D eigenvalue weighted by Gasteiger charge is -2.32. The first-order valence-corrected chi connectivity index (χ1v) is 6.53. The Morgan fingerprint density at radius 3 is 2.00 bits per heavy atom. The van der Waals surface area contributed by atoms with Gasteiger partial charge in [0.2, 0.25) is 0 Å². The van der Waals surface area contributed by atoms with Crippen molar-refractivity contribution in [2.75, 3.05) is 11.4 Å². The number of hydrogen-bond acceptors (Lipinski definition) is 2. The highest BCUT2D eigenvalue weighted by Gasteiger charge is 2.22. The molecule has 0 bridgehead atoms. The highest BCUT2D eigenvalue weighted by Crippen LogP contribution is 2.46. The van der Waals surface area contributed by atoms with E-state index in [9.17, 15) is 0 Å². The minimum Gasteiger partial charge on any atom is -0.453 e. The zero-order valence-corrected chi connectivity index (χ0v) is 10.6. The lowest BCUT2D eigenvalue weighted by Crippen LogP contribution is -2.22. The fourth-order valence-electron chi connectivity index (χ4n) is 2.34. The van der Waals surface area contributed by atoms with Crippen LogP contribution in [0.25, 0.3) is 0 Å². The van der Waals surface area contributed by atoms with Crippen LogP contribution in [0.1, 0.15) is 19.8 Å². The van der Waals surface area contributed by atoms with Crippen LogP contribution >= 0.6 is 0 Å². The molecule has 2 aromatic carbocycles. The Balaban J connectivity index is 2.05. The Kier molecular flexibility index (Phi) is 2.93. The molecular formula is C16H17NO. The van der Waals surface area contributed by atoms with Gasteiger partial charge in [-0.2, -0.15) is 0 Å². The number of para-hydroxylation sites is 4. The Morgan fingerprint density at radius 2 is 1.44 bits per heavy atom. The van der Waals surface area contributed by atoms with Crippen molar-refractivity contribution in [1.29, 1.82) is 0 Å². The minimum atomic E-state index is 0.951. The highest BCUT2D eigenvalue weighted by atomic mass is 16.5. The fourth-order valence-corrected chi connectivity index (χ4v) is 2.34. The molecule has 1 heterocycles. The van der Waals surface area contributed by atoms with E-state index < -0.39 is 0 Å². The van der Waals surface area contributed by atoms with Crippen molar-refractivity contribution in [3.63, 3.8) is 0 Å². The number of ether oxygens (including phenoxy) is 1. The zero-order chi connectivity index (χ0) is 12.4. The summed E-state index contributed by atoms with van der Waals surface area (Å²) in [5.74, 6) is 1.90. The molecule has 0 unspecified atom stereocenters. The molecule has 0 amide bonds. The summed E-state index contributed by atoms with van der Waals surface area (Å²) in [5.41, 5.74) is 2.34. The van der Waals surface area contributed by atoms with Crippen LogP contribution in [0.4, 0.5) is 11.4 Å². The van der Waals surface area contributed by atoms with Crippen LogP contribution in [0.5, 0.6) is 11.5 Å². The van der Waals surface area contributed by atoms with E-state index in [4.69, 9.17) is 4.74 Å². The quantitative estimate of drug-likeness (QED) is 0.767. The second-order valence-electron chi connectivity index (χ2n) is 4.54. The molecule has 1 aliphatic heterocycles. The maximum Gasteiger partial charge on any atom is 0.151 e. The number of unbranched alkanes of at least 4 members (excludes halogenated alkanes) is 1. The molecule has 0 radical (unpaired) electrons. The van der Waals surface area contributed by atoms with Crippen LogP contribution in [0.15, 0.2) is 48.5 Å². The molecule has 1 aliphatic rings. The average Bonchev–Trinajstić information content (AvgIpc) is 2.43. The smallest absolute Gasteiger partial charge is 0.151 e. The van der Waals surface area contributed by atoms with Gasteiger partial charge in [-0.05, 0) is 30.7 Å². The third-order valence-corrected chi connectivity index (χ3v) is 3.27. The highest BCUT2D eigenvalue weighted by molar-refractivity contribution is 5.77. The number of hydrogen-bond donors (Lipinski definition) is 0. The molecule has 0 aromatic heterocycles. The lowest BCUT2D eigenvalue weighted by atomic mass is 10.1. The molecule has 0 N–H and O–H groups in total. The predicted octanol–water partition coefficient (Wildman–Crippen LogP) is 4.73. The van der Waals surface area contributed by atoms with Crippen molar-refractivity contribution >= 4 is 11.4 Å². The molecular weight excluding hydrogens is 222 g/mol. The van der Waals surface area contributed by atoms with Gasteiger partial charge in [0.1, 0.15) is 0 Å². The van der Waals surface area contributed by atoms with Crippen molar-refractivity contribution in [1.82, 2.24) is 0 Å². The molecule has 92 valence electrons. The lowest BCUT2D eigenvalue weighted by molar-refractivity contribution is 0.472. The van der Waals surface area contributed by atoms with E-state index >= 15 is 0 Å². The fraction of sp³-hybridized carbons (Fsp3) is 0.250. The van der Waals surface area contributed by atoms with Crippen LogP contribution in [0.3, 0.4) is 0 Å². The van der Waals surface area contributed by atoms with Crippen LogP contribution in [-0.2, 0) is 0 Å². The molecule has 0 saturated carbocycles. The first-order chi connectivity index (χ1) is 8.90. The maximum atomic E-state index is 5.95. The van der Waals surface area contributed by atoms with E-state index in [-0.39, 0.29) is 0 Å². The summed E-state index contributed by atoms with van der Waals surface area (Å²) in [6.45, 7) is 3.26. The van der Waals surface area contributed by atoms with E-state index in [0.29, 0.717) is 0 Å². The summed E-state index contributed by atoms with van der Waals surface area (Å²) in [7, 11) is 0. The molecule has 0 saturated heterocycles. The van der Waals surface area contributed by atoms with Gasteiger partial charge in [-0.15, -0.1) is 0 Å². The summed E-state index contributed by atoms with van der Waals surface area (Å²) in [6.07, 6.45) is 2.38. The van der Waals surface area contributed by atoms with Crippen LogP contribution in [-0.4, -0.2) is 6.54 Å². The largest absolute Gasteiger partial charge is 0.453 e.